The summed E-state index contributed by atoms with van der Waals surface area (Å²) in [4.78, 5) is 20.3. The van der Waals surface area contributed by atoms with E-state index in [1.54, 1.807) is 0 Å². The lowest BCUT2D eigenvalue weighted by Gasteiger charge is -2.16. The Bertz CT molecular complexity index is 389. The highest BCUT2D eigenvalue weighted by atomic mass is 16.4. The van der Waals surface area contributed by atoms with Crippen molar-refractivity contribution in [3.63, 3.8) is 0 Å². The van der Waals surface area contributed by atoms with Crippen LogP contribution < -0.4 is 0 Å². The molecular weight excluding hydrogens is 254 g/mol. The van der Waals surface area contributed by atoms with Gasteiger partial charge in [-0.1, -0.05) is 6.92 Å². The van der Waals surface area contributed by atoms with Gasteiger partial charge < -0.3 is 19.7 Å². The third-order valence-corrected chi connectivity index (χ3v) is 2.22. The quantitative estimate of drug-likeness (QED) is 0.672. The molecule has 0 radical (unpaired) electrons. The van der Waals surface area contributed by atoms with Crippen molar-refractivity contribution < 1.29 is 29.3 Å². The molecule has 0 aliphatic carbocycles. The number of aryl methyl sites for hydroxylation is 1. The van der Waals surface area contributed by atoms with Gasteiger partial charge in [-0.3, -0.25) is 4.90 Å². The second kappa shape index (κ2) is 9.12. The van der Waals surface area contributed by atoms with E-state index in [9.17, 15) is 0 Å². The number of aliphatic hydroxyl groups is 1. The zero-order chi connectivity index (χ0) is 14.8. The fourth-order valence-electron chi connectivity index (χ4n) is 1.28. The molecule has 0 fully saturated rings. The Morgan fingerprint density at radius 2 is 1.84 bits per heavy atom. The summed E-state index contributed by atoms with van der Waals surface area (Å²) in [7, 11) is 0. The van der Waals surface area contributed by atoms with Gasteiger partial charge in [0, 0.05) is 6.54 Å². The van der Waals surface area contributed by atoms with Gasteiger partial charge in [-0.15, -0.1) is 0 Å². The molecule has 3 N–H and O–H groups in total. The molecule has 0 aromatic carbocycles. The second-order valence-electron chi connectivity index (χ2n) is 3.72. The molecule has 108 valence electrons. The van der Waals surface area contributed by atoms with Crippen LogP contribution in [0.4, 0.5) is 0 Å². The Morgan fingerprint density at radius 3 is 2.16 bits per heavy atom. The first-order valence-electron chi connectivity index (χ1n) is 5.75. The number of likely N-dealkylation sites (N-methyl/N-ethyl adjacent to an activating group) is 1. The fourth-order valence-corrected chi connectivity index (χ4v) is 1.28. The van der Waals surface area contributed by atoms with Crippen molar-refractivity contribution in [2.45, 2.75) is 20.4 Å². The van der Waals surface area contributed by atoms with Gasteiger partial charge in [0.15, 0.2) is 0 Å². The Hall–Kier alpha value is -1.86. The molecule has 19 heavy (non-hydrogen) atoms. The van der Waals surface area contributed by atoms with E-state index < -0.39 is 11.9 Å². The number of carbonyl (C=O) groups is 2. The van der Waals surface area contributed by atoms with Crippen LogP contribution in [0.3, 0.4) is 0 Å². The van der Waals surface area contributed by atoms with Crippen molar-refractivity contribution in [3.8, 4) is 0 Å². The molecule has 0 amide bonds. The average molecular weight is 273 g/mol. The van der Waals surface area contributed by atoms with Crippen molar-refractivity contribution in [1.29, 1.82) is 0 Å². The zero-order valence-electron chi connectivity index (χ0n) is 11.0. The van der Waals surface area contributed by atoms with E-state index >= 15 is 0 Å². The number of rotatable bonds is 5. The van der Waals surface area contributed by atoms with Crippen LogP contribution in [-0.4, -0.2) is 51.9 Å². The monoisotopic (exact) mass is 273 g/mol. The maximum Gasteiger partial charge on any atom is 0.414 e. The molecule has 0 saturated carbocycles. The van der Waals surface area contributed by atoms with Crippen LogP contribution in [0.1, 0.15) is 18.4 Å². The van der Waals surface area contributed by atoms with Crippen molar-refractivity contribution in [2.75, 3.05) is 19.7 Å². The highest BCUT2D eigenvalue weighted by molar-refractivity contribution is 6.27. The molecule has 7 heteroatoms. The lowest BCUT2D eigenvalue weighted by molar-refractivity contribution is -0.159. The van der Waals surface area contributed by atoms with E-state index in [-0.39, 0.29) is 6.61 Å². The van der Waals surface area contributed by atoms with Crippen molar-refractivity contribution in [1.82, 2.24) is 4.90 Å². The number of aliphatic carboxylic acids is 2. The first-order valence-corrected chi connectivity index (χ1v) is 5.75. The van der Waals surface area contributed by atoms with E-state index in [2.05, 4.69) is 11.8 Å². The fraction of sp³-hybridized carbons (Fsp3) is 0.500. The van der Waals surface area contributed by atoms with Crippen LogP contribution in [0.25, 0.3) is 0 Å². The van der Waals surface area contributed by atoms with Crippen LogP contribution in [-0.2, 0) is 16.1 Å². The SMILES string of the molecule is CCN(CCO)Cc1ccc(C)o1.O=C(O)C(=O)O. The molecule has 0 aliphatic heterocycles. The van der Waals surface area contributed by atoms with E-state index in [4.69, 9.17) is 29.3 Å². The van der Waals surface area contributed by atoms with Crippen molar-refractivity contribution in [2.24, 2.45) is 0 Å². The van der Waals surface area contributed by atoms with Crippen LogP contribution in [0, 0.1) is 6.92 Å². The second-order valence-corrected chi connectivity index (χ2v) is 3.72. The molecule has 0 saturated heterocycles. The molecule has 1 aromatic rings. The molecule has 0 spiro atoms. The summed E-state index contributed by atoms with van der Waals surface area (Å²) in [6.07, 6.45) is 0. The topological polar surface area (TPSA) is 111 Å². The number of nitrogens with zero attached hydrogens (tertiary/aromatic N) is 1. The van der Waals surface area contributed by atoms with Crippen LogP contribution in [0.15, 0.2) is 16.5 Å². The van der Waals surface area contributed by atoms with Gasteiger partial charge in [0.2, 0.25) is 0 Å². The Morgan fingerprint density at radius 1 is 1.26 bits per heavy atom. The number of aliphatic hydroxyl groups excluding tert-OH is 1. The number of carboxylic acids is 2. The number of carboxylic acid groups (broad SMARTS) is 2. The summed E-state index contributed by atoms with van der Waals surface area (Å²) >= 11 is 0. The molecule has 1 aromatic heterocycles. The Labute approximate surface area is 111 Å². The lowest BCUT2D eigenvalue weighted by atomic mass is 10.4. The van der Waals surface area contributed by atoms with Crippen LogP contribution in [0.5, 0.6) is 0 Å². The largest absolute Gasteiger partial charge is 0.473 e. The van der Waals surface area contributed by atoms with Crippen LogP contribution >= 0.6 is 0 Å². The summed E-state index contributed by atoms with van der Waals surface area (Å²) in [5.74, 6) is -1.74. The summed E-state index contributed by atoms with van der Waals surface area (Å²) in [6, 6.07) is 3.94. The van der Waals surface area contributed by atoms with Gasteiger partial charge in [-0.25, -0.2) is 9.59 Å². The van der Waals surface area contributed by atoms with Gasteiger partial charge in [0.25, 0.3) is 0 Å². The Balaban J connectivity index is 0.000000459. The molecule has 7 nitrogen and oxygen atoms in total. The zero-order valence-corrected chi connectivity index (χ0v) is 11.0. The molecular formula is C12H19NO6. The first kappa shape index (κ1) is 17.1. The minimum atomic E-state index is -1.82. The van der Waals surface area contributed by atoms with Crippen molar-refractivity contribution >= 4 is 11.9 Å². The lowest BCUT2D eigenvalue weighted by Crippen LogP contribution is -2.25. The third-order valence-electron chi connectivity index (χ3n) is 2.22. The molecule has 1 rings (SSSR count). The molecule has 0 aliphatic rings. The van der Waals surface area contributed by atoms with E-state index in [0.717, 1.165) is 24.6 Å². The first-order chi connectivity index (χ1) is 8.90. The highest BCUT2D eigenvalue weighted by Crippen LogP contribution is 2.08. The van der Waals surface area contributed by atoms with Crippen molar-refractivity contribution in [3.05, 3.63) is 23.7 Å². The molecule has 0 bridgehead atoms. The predicted molar refractivity (Wildman–Crippen MR) is 66.8 cm³/mol. The molecule has 0 atom stereocenters. The van der Waals surface area contributed by atoms with E-state index in [0.29, 0.717) is 6.54 Å². The van der Waals surface area contributed by atoms with Crippen LogP contribution in [0.2, 0.25) is 0 Å². The Kier molecular flexibility index (Phi) is 8.23. The maximum atomic E-state index is 9.10. The summed E-state index contributed by atoms with van der Waals surface area (Å²) in [5, 5.41) is 23.6. The summed E-state index contributed by atoms with van der Waals surface area (Å²) in [6.45, 7) is 6.63. The summed E-state index contributed by atoms with van der Waals surface area (Å²) in [5.41, 5.74) is 0. The molecule has 0 unspecified atom stereocenters. The van der Waals surface area contributed by atoms with Gasteiger partial charge in [0.05, 0.1) is 13.2 Å². The third kappa shape index (κ3) is 7.96. The van der Waals surface area contributed by atoms with E-state index in [1.165, 1.54) is 0 Å². The van der Waals surface area contributed by atoms with Gasteiger partial charge >= 0.3 is 11.9 Å². The van der Waals surface area contributed by atoms with Gasteiger partial charge in [0.1, 0.15) is 11.5 Å². The maximum absolute atomic E-state index is 9.10. The number of furan rings is 1. The number of hydrogen-bond acceptors (Lipinski definition) is 5. The predicted octanol–water partition coefficient (Wildman–Crippen LogP) is 0.558. The highest BCUT2D eigenvalue weighted by Gasteiger charge is 2.05. The molecule has 1 heterocycles. The smallest absolute Gasteiger partial charge is 0.414 e. The minimum absolute atomic E-state index is 0.202. The minimum Gasteiger partial charge on any atom is -0.473 e. The van der Waals surface area contributed by atoms with E-state index in [1.807, 2.05) is 19.1 Å². The normalized spacial score (nSPS) is 9.89. The standard InChI is InChI=1S/C10H17NO2.C2H2O4/c1-3-11(6-7-12)8-10-5-4-9(2)13-10;3-1(4)2(5)6/h4-5,12H,3,6-8H2,1-2H3;(H,3,4)(H,5,6). The van der Waals surface area contributed by atoms with Gasteiger partial charge in [-0.2, -0.15) is 0 Å². The number of hydrogen-bond donors (Lipinski definition) is 3. The van der Waals surface area contributed by atoms with Gasteiger partial charge in [-0.05, 0) is 25.6 Å². The average Bonchev–Trinajstić information content (AvgIpc) is 2.75. The summed E-state index contributed by atoms with van der Waals surface area (Å²) < 4.78 is 5.44.